The van der Waals surface area contributed by atoms with Crippen LogP contribution >= 0.6 is 0 Å². The molecule has 0 saturated carbocycles. The second-order valence-corrected chi connectivity index (χ2v) is 3.39. The molecule has 14 heavy (non-hydrogen) atoms. The second kappa shape index (κ2) is 3.80. The summed E-state index contributed by atoms with van der Waals surface area (Å²) in [5.41, 5.74) is 2.96. The highest BCUT2D eigenvalue weighted by Crippen LogP contribution is 2.22. The van der Waals surface area contributed by atoms with Gasteiger partial charge in [-0.25, -0.2) is 0 Å². The van der Waals surface area contributed by atoms with Crippen LogP contribution in [0.5, 0.6) is 0 Å². The van der Waals surface area contributed by atoms with Gasteiger partial charge in [-0.2, -0.15) is 0 Å². The molecule has 0 saturated heterocycles. The Hall–Kier alpha value is -1.35. The van der Waals surface area contributed by atoms with Crippen molar-refractivity contribution in [3.63, 3.8) is 0 Å². The van der Waals surface area contributed by atoms with Crippen molar-refractivity contribution < 1.29 is 9.63 Å². The van der Waals surface area contributed by atoms with Crippen molar-refractivity contribution in [1.82, 2.24) is 5.16 Å². The molecule has 1 N–H and O–H groups in total. The van der Waals surface area contributed by atoms with Crippen molar-refractivity contribution in [2.24, 2.45) is 0 Å². The van der Waals surface area contributed by atoms with Gasteiger partial charge in [0.2, 0.25) is 0 Å². The van der Waals surface area contributed by atoms with Crippen LogP contribution in [0.15, 0.2) is 22.7 Å². The van der Waals surface area contributed by atoms with Crippen molar-refractivity contribution in [3.8, 4) is 0 Å². The van der Waals surface area contributed by atoms with Crippen LogP contribution in [0.25, 0.3) is 11.0 Å². The molecule has 0 radical (unpaired) electrons. The average molecular weight is 191 g/mol. The molecule has 2 aromatic rings. The fourth-order valence-corrected chi connectivity index (χ4v) is 1.70. The smallest absolute Gasteiger partial charge is 0.167 e. The summed E-state index contributed by atoms with van der Waals surface area (Å²) in [6, 6.07) is 5.93. The Kier molecular flexibility index (Phi) is 2.50. The Balaban J connectivity index is 2.46. The molecule has 3 heteroatoms. The number of aliphatic hydroxyl groups excluding tert-OH is 1. The van der Waals surface area contributed by atoms with E-state index < -0.39 is 0 Å². The van der Waals surface area contributed by atoms with Gasteiger partial charge in [0.05, 0.1) is 5.69 Å². The highest BCUT2D eigenvalue weighted by atomic mass is 16.5. The summed E-state index contributed by atoms with van der Waals surface area (Å²) in [5.74, 6) is 0. The lowest BCUT2D eigenvalue weighted by molar-refractivity contribution is 0.289. The third-order valence-corrected chi connectivity index (χ3v) is 2.36. The molecular weight excluding hydrogens is 178 g/mol. The number of hydrogen-bond acceptors (Lipinski definition) is 3. The molecule has 0 aliphatic carbocycles. The first-order chi connectivity index (χ1) is 6.83. The molecule has 74 valence electrons. The van der Waals surface area contributed by atoms with Gasteiger partial charge in [-0.3, -0.25) is 0 Å². The molecule has 0 aliphatic heterocycles. The van der Waals surface area contributed by atoms with Crippen LogP contribution in [0.2, 0.25) is 0 Å². The second-order valence-electron chi connectivity index (χ2n) is 3.39. The summed E-state index contributed by atoms with van der Waals surface area (Å²) in [6.07, 6.45) is 1.65. The molecule has 0 unspecified atom stereocenters. The summed E-state index contributed by atoms with van der Waals surface area (Å²) in [7, 11) is 0. The molecule has 0 aliphatic rings. The lowest BCUT2D eigenvalue weighted by Crippen LogP contribution is -1.90. The summed E-state index contributed by atoms with van der Waals surface area (Å²) in [5, 5.41) is 13.8. The highest BCUT2D eigenvalue weighted by Gasteiger charge is 2.07. The predicted molar refractivity (Wildman–Crippen MR) is 54.2 cm³/mol. The third-order valence-electron chi connectivity index (χ3n) is 2.36. The predicted octanol–water partition coefficient (Wildman–Crippen LogP) is 2.06. The normalized spacial score (nSPS) is 11.0. The summed E-state index contributed by atoms with van der Waals surface area (Å²) in [4.78, 5) is 0. The molecule has 2 rings (SSSR count). The fraction of sp³-hybridized carbons (Fsp3) is 0.364. The first-order valence-electron chi connectivity index (χ1n) is 4.77. The molecular formula is C11H13NO2. The van der Waals surface area contributed by atoms with E-state index in [1.54, 1.807) is 0 Å². The van der Waals surface area contributed by atoms with Crippen LogP contribution in [0.1, 0.15) is 17.7 Å². The van der Waals surface area contributed by atoms with E-state index in [2.05, 4.69) is 11.2 Å². The SMILES string of the molecule is Cc1noc2cccc(CCCO)c12. The maximum Gasteiger partial charge on any atom is 0.167 e. The van der Waals surface area contributed by atoms with Crippen LogP contribution in [0.3, 0.4) is 0 Å². The van der Waals surface area contributed by atoms with E-state index in [-0.39, 0.29) is 6.61 Å². The number of rotatable bonds is 3. The van der Waals surface area contributed by atoms with E-state index in [4.69, 9.17) is 9.63 Å². The van der Waals surface area contributed by atoms with Crippen molar-refractivity contribution >= 4 is 11.0 Å². The minimum absolute atomic E-state index is 0.223. The van der Waals surface area contributed by atoms with Crippen LogP contribution in [0.4, 0.5) is 0 Å². The van der Waals surface area contributed by atoms with Crippen LogP contribution < -0.4 is 0 Å². The third kappa shape index (κ3) is 1.51. The molecule has 0 spiro atoms. The standard InChI is InChI=1S/C11H13NO2/c1-8-11-9(5-3-7-13)4-2-6-10(11)14-12-8/h2,4,6,13H,3,5,7H2,1H3. The maximum atomic E-state index is 8.78. The van der Waals surface area contributed by atoms with E-state index in [1.165, 1.54) is 5.56 Å². The van der Waals surface area contributed by atoms with Gasteiger partial charge in [-0.05, 0) is 31.4 Å². The van der Waals surface area contributed by atoms with Crippen molar-refractivity contribution in [1.29, 1.82) is 0 Å². The van der Waals surface area contributed by atoms with E-state index in [0.29, 0.717) is 0 Å². The zero-order chi connectivity index (χ0) is 9.97. The molecule has 1 heterocycles. The van der Waals surface area contributed by atoms with Gasteiger partial charge >= 0.3 is 0 Å². The number of aliphatic hydroxyl groups is 1. The van der Waals surface area contributed by atoms with Crippen LogP contribution in [-0.2, 0) is 6.42 Å². The first-order valence-corrected chi connectivity index (χ1v) is 4.77. The van der Waals surface area contributed by atoms with Crippen molar-refractivity contribution in [3.05, 3.63) is 29.5 Å². The lowest BCUT2D eigenvalue weighted by Gasteiger charge is -2.00. The zero-order valence-corrected chi connectivity index (χ0v) is 8.16. The van der Waals surface area contributed by atoms with Crippen LogP contribution in [0, 0.1) is 6.92 Å². The number of fused-ring (bicyclic) bond motifs is 1. The van der Waals surface area contributed by atoms with Gasteiger partial charge in [0.25, 0.3) is 0 Å². The molecule has 0 amide bonds. The molecule has 0 atom stereocenters. The van der Waals surface area contributed by atoms with E-state index in [0.717, 1.165) is 29.5 Å². The van der Waals surface area contributed by atoms with E-state index in [1.807, 2.05) is 19.1 Å². The molecule has 1 aromatic carbocycles. The zero-order valence-electron chi connectivity index (χ0n) is 8.16. The number of benzene rings is 1. The quantitative estimate of drug-likeness (QED) is 0.807. The first kappa shape index (κ1) is 9.21. The van der Waals surface area contributed by atoms with E-state index in [9.17, 15) is 0 Å². The van der Waals surface area contributed by atoms with Gasteiger partial charge in [0, 0.05) is 12.0 Å². The van der Waals surface area contributed by atoms with Crippen molar-refractivity contribution in [2.45, 2.75) is 19.8 Å². The number of nitrogens with zero attached hydrogens (tertiary/aromatic N) is 1. The average Bonchev–Trinajstić information content (AvgIpc) is 2.58. The summed E-state index contributed by atoms with van der Waals surface area (Å²) < 4.78 is 5.16. The summed E-state index contributed by atoms with van der Waals surface area (Å²) in [6.45, 7) is 2.16. The Morgan fingerprint density at radius 2 is 2.29 bits per heavy atom. The van der Waals surface area contributed by atoms with Crippen LogP contribution in [-0.4, -0.2) is 16.9 Å². The monoisotopic (exact) mass is 191 g/mol. The van der Waals surface area contributed by atoms with Gasteiger partial charge in [-0.15, -0.1) is 0 Å². The van der Waals surface area contributed by atoms with Gasteiger partial charge < -0.3 is 9.63 Å². The van der Waals surface area contributed by atoms with Gasteiger partial charge in [0.1, 0.15) is 0 Å². The molecule has 0 fully saturated rings. The van der Waals surface area contributed by atoms with Gasteiger partial charge in [0.15, 0.2) is 5.58 Å². The number of aryl methyl sites for hydroxylation is 2. The highest BCUT2D eigenvalue weighted by molar-refractivity contribution is 5.82. The Morgan fingerprint density at radius 3 is 3.07 bits per heavy atom. The Morgan fingerprint density at radius 1 is 1.43 bits per heavy atom. The Bertz CT molecular complexity index is 434. The van der Waals surface area contributed by atoms with Gasteiger partial charge in [-0.1, -0.05) is 17.3 Å². The topological polar surface area (TPSA) is 46.3 Å². The lowest BCUT2D eigenvalue weighted by atomic mass is 10.0. The minimum Gasteiger partial charge on any atom is -0.396 e. The number of hydrogen-bond donors (Lipinski definition) is 1. The molecule has 3 nitrogen and oxygen atoms in total. The maximum absolute atomic E-state index is 8.78. The summed E-state index contributed by atoms with van der Waals surface area (Å²) >= 11 is 0. The van der Waals surface area contributed by atoms with E-state index >= 15 is 0 Å². The number of aromatic nitrogens is 1. The minimum atomic E-state index is 0.223. The Labute approximate surface area is 82.3 Å². The molecule has 0 bridgehead atoms. The van der Waals surface area contributed by atoms with Crippen molar-refractivity contribution in [2.75, 3.05) is 6.61 Å². The molecule has 1 aromatic heterocycles. The fourth-order valence-electron chi connectivity index (χ4n) is 1.70. The largest absolute Gasteiger partial charge is 0.396 e.